The number of nitrogens with zero attached hydrogens (tertiary/aromatic N) is 4. The van der Waals surface area contributed by atoms with Crippen LogP contribution in [0, 0.1) is 11.3 Å². The van der Waals surface area contributed by atoms with Gasteiger partial charge in [-0.2, -0.15) is 5.26 Å². The maximum atomic E-state index is 9.15. The number of hydrogen-bond donors (Lipinski definition) is 0. The Balaban J connectivity index is 1.62. The van der Waals surface area contributed by atoms with Crippen molar-refractivity contribution >= 4 is 17.2 Å². The molecule has 1 saturated heterocycles. The minimum absolute atomic E-state index is 0.666. The number of thiophene rings is 1. The summed E-state index contributed by atoms with van der Waals surface area (Å²) in [6, 6.07) is 10.2. The molecule has 1 aliphatic rings. The van der Waals surface area contributed by atoms with Crippen molar-refractivity contribution in [1.82, 2.24) is 9.88 Å². The molecule has 0 N–H and O–H groups in total. The van der Waals surface area contributed by atoms with E-state index in [0.717, 1.165) is 38.5 Å². The van der Waals surface area contributed by atoms with Crippen molar-refractivity contribution in [3.8, 4) is 6.07 Å². The first-order valence-corrected chi connectivity index (χ1v) is 7.59. The highest BCUT2D eigenvalue weighted by molar-refractivity contribution is 7.09. The van der Waals surface area contributed by atoms with E-state index in [2.05, 4.69) is 38.4 Å². The lowest BCUT2D eigenvalue weighted by Crippen LogP contribution is -2.46. The van der Waals surface area contributed by atoms with Crippen molar-refractivity contribution in [2.45, 2.75) is 6.54 Å². The minimum atomic E-state index is 0.666. The monoisotopic (exact) mass is 284 g/mol. The first kappa shape index (κ1) is 13.1. The molecule has 0 aromatic carbocycles. The van der Waals surface area contributed by atoms with Gasteiger partial charge in [0.1, 0.15) is 11.9 Å². The summed E-state index contributed by atoms with van der Waals surface area (Å²) in [6.07, 6.45) is 1.76. The molecule has 20 heavy (non-hydrogen) atoms. The second kappa shape index (κ2) is 6.04. The molecular weight excluding hydrogens is 268 g/mol. The maximum absolute atomic E-state index is 9.15. The van der Waals surface area contributed by atoms with Gasteiger partial charge in [-0.25, -0.2) is 4.98 Å². The zero-order valence-electron chi connectivity index (χ0n) is 11.2. The third-order valence-electron chi connectivity index (χ3n) is 3.54. The van der Waals surface area contributed by atoms with E-state index in [9.17, 15) is 0 Å². The average Bonchev–Trinajstić information content (AvgIpc) is 3.01. The van der Waals surface area contributed by atoms with Crippen molar-refractivity contribution in [3.63, 3.8) is 0 Å². The Bertz CT molecular complexity index is 595. The zero-order chi connectivity index (χ0) is 13.8. The molecule has 5 heteroatoms. The third-order valence-corrected chi connectivity index (χ3v) is 4.40. The molecule has 0 unspecified atom stereocenters. The van der Waals surface area contributed by atoms with Gasteiger partial charge in [0, 0.05) is 43.8 Å². The third kappa shape index (κ3) is 2.82. The van der Waals surface area contributed by atoms with Gasteiger partial charge in [-0.3, -0.25) is 4.90 Å². The highest BCUT2D eigenvalue weighted by Crippen LogP contribution is 2.19. The SMILES string of the molecule is N#Cc1cccnc1N1CCN(Cc2cccs2)CC1. The maximum Gasteiger partial charge on any atom is 0.146 e. The van der Waals surface area contributed by atoms with Gasteiger partial charge in [-0.05, 0) is 23.6 Å². The lowest BCUT2D eigenvalue weighted by atomic mass is 10.2. The van der Waals surface area contributed by atoms with Gasteiger partial charge >= 0.3 is 0 Å². The summed E-state index contributed by atoms with van der Waals surface area (Å²) < 4.78 is 0. The molecule has 1 fully saturated rings. The molecule has 2 aromatic heterocycles. The predicted molar refractivity (Wildman–Crippen MR) is 80.8 cm³/mol. The van der Waals surface area contributed by atoms with Gasteiger partial charge in [0.15, 0.2) is 0 Å². The number of pyridine rings is 1. The van der Waals surface area contributed by atoms with Crippen LogP contribution < -0.4 is 4.90 Å². The number of anilines is 1. The Morgan fingerprint density at radius 2 is 2.05 bits per heavy atom. The lowest BCUT2D eigenvalue weighted by Gasteiger charge is -2.35. The van der Waals surface area contributed by atoms with E-state index >= 15 is 0 Å². The summed E-state index contributed by atoms with van der Waals surface area (Å²) >= 11 is 1.81. The highest BCUT2D eigenvalue weighted by atomic mass is 32.1. The van der Waals surface area contributed by atoms with Gasteiger partial charge in [0.05, 0.1) is 5.56 Å². The van der Waals surface area contributed by atoms with Crippen LogP contribution in [0.1, 0.15) is 10.4 Å². The van der Waals surface area contributed by atoms with Gasteiger partial charge in [-0.1, -0.05) is 6.07 Å². The Morgan fingerprint density at radius 1 is 1.20 bits per heavy atom. The fraction of sp³-hybridized carbons (Fsp3) is 0.333. The number of rotatable bonds is 3. The summed E-state index contributed by atoms with van der Waals surface area (Å²) in [5, 5.41) is 11.3. The standard InChI is InChI=1S/C15H16N4S/c16-11-13-3-1-5-17-15(13)19-8-6-18(7-9-19)12-14-4-2-10-20-14/h1-5,10H,6-9,12H2. The molecule has 1 aliphatic heterocycles. The van der Waals surface area contributed by atoms with Gasteiger partial charge in [-0.15, -0.1) is 11.3 Å². The normalized spacial score (nSPS) is 16.1. The van der Waals surface area contributed by atoms with Crippen molar-refractivity contribution in [2.24, 2.45) is 0 Å². The van der Waals surface area contributed by atoms with Crippen LogP contribution in [-0.2, 0) is 6.54 Å². The van der Waals surface area contributed by atoms with E-state index in [1.807, 2.05) is 23.5 Å². The van der Waals surface area contributed by atoms with Crippen LogP contribution >= 0.6 is 11.3 Å². The van der Waals surface area contributed by atoms with Crippen LogP contribution in [0.15, 0.2) is 35.8 Å². The Kier molecular flexibility index (Phi) is 3.95. The van der Waals surface area contributed by atoms with Crippen molar-refractivity contribution in [3.05, 3.63) is 46.3 Å². The second-order valence-corrected chi connectivity index (χ2v) is 5.86. The summed E-state index contributed by atoms with van der Waals surface area (Å²) in [6.45, 7) is 4.91. The minimum Gasteiger partial charge on any atom is -0.353 e. The first-order chi connectivity index (χ1) is 9.86. The largest absolute Gasteiger partial charge is 0.353 e. The number of aromatic nitrogens is 1. The quantitative estimate of drug-likeness (QED) is 0.867. The Hall–Kier alpha value is -1.90. The second-order valence-electron chi connectivity index (χ2n) is 4.83. The van der Waals surface area contributed by atoms with Crippen molar-refractivity contribution in [1.29, 1.82) is 5.26 Å². The molecule has 0 aliphatic carbocycles. The van der Waals surface area contributed by atoms with Gasteiger partial charge in [0.2, 0.25) is 0 Å². The van der Waals surface area contributed by atoms with E-state index in [4.69, 9.17) is 5.26 Å². The van der Waals surface area contributed by atoms with Crippen LogP contribution in [-0.4, -0.2) is 36.1 Å². The summed E-state index contributed by atoms with van der Waals surface area (Å²) in [4.78, 5) is 10.4. The van der Waals surface area contributed by atoms with E-state index in [1.54, 1.807) is 6.20 Å². The average molecular weight is 284 g/mol. The summed E-state index contributed by atoms with van der Waals surface area (Å²) in [7, 11) is 0. The first-order valence-electron chi connectivity index (χ1n) is 6.71. The molecule has 3 rings (SSSR count). The molecule has 0 saturated carbocycles. The van der Waals surface area contributed by atoms with Crippen LogP contribution in [0.4, 0.5) is 5.82 Å². The molecular formula is C15H16N4S. The predicted octanol–water partition coefficient (Wildman–Crippen LogP) is 2.34. The molecule has 0 bridgehead atoms. The van der Waals surface area contributed by atoms with E-state index in [-0.39, 0.29) is 0 Å². The molecule has 0 atom stereocenters. The van der Waals surface area contributed by atoms with Crippen LogP contribution in [0.2, 0.25) is 0 Å². The smallest absolute Gasteiger partial charge is 0.146 e. The number of nitriles is 1. The lowest BCUT2D eigenvalue weighted by molar-refractivity contribution is 0.251. The molecule has 0 spiro atoms. The molecule has 2 aromatic rings. The fourth-order valence-electron chi connectivity index (χ4n) is 2.48. The van der Waals surface area contributed by atoms with E-state index < -0.39 is 0 Å². The zero-order valence-corrected chi connectivity index (χ0v) is 12.0. The van der Waals surface area contributed by atoms with Crippen molar-refractivity contribution < 1.29 is 0 Å². The van der Waals surface area contributed by atoms with Crippen LogP contribution in [0.5, 0.6) is 0 Å². The highest BCUT2D eigenvalue weighted by Gasteiger charge is 2.20. The molecule has 3 heterocycles. The summed E-state index contributed by atoms with van der Waals surface area (Å²) in [5.74, 6) is 0.825. The fourth-order valence-corrected chi connectivity index (χ4v) is 3.22. The number of hydrogen-bond acceptors (Lipinski definition) is 5. The summed E-state index contributed by atoms with van der Waals surface area (Å²) in [5.41, 5.74) is 0.666. The molecule has 0 radical (unpaired) electrons. The van der Waals surface area contributed by atoms with Gasteiger partial charge in [0.25, 0.3) is 0 Å². The van der Waals surface area contributed by atoms with Crippen LogP contribution in [0.25, 0.3) is 0 Å². The molecule has 4 nitrogen and oxygen atoms in total. The topological polar surface area (TPSA) is 43.2 Å². The van der Waals surface area contributed by atoms with E-state index in [1.165, 1.54) is 4.88 Å². The van der Waals surface area contributed by atoms with Crippen molar-refractivity contribution in [2.75, 3.05) is 31.1 Å². The molecule has 0 amide bonds. The van der Waals surface area contributed by atoms with Crippen LogP contribution in [0.3, 0.4) is 0 Å². The Morgan fingerprint density at radius 3 is 2.75 bits per heavy atom. The van der Waals surface area contributed by atoms with Gasteiger partial charge < -0.3 is 4.90 Å². The Labute approximate surface area is 122 Å². The van der Waals surface area contributed by atoms with E-state index in [0.29, 0.717) is 5.56 Å². The number of piperazine rings is 1. The molecule has 102 valence electrons.